The van der Waals surface area contributed by atoms with Crippen molar-refractivity contribution in [3.05, 3.63) is 64.9 Å². The maximum atomic E-state index is 13.3. The molecular weight excluding hydrogens is 493 g/mol. The molecule has 2 aromatic carbocycles. The third kappa shape index (κ3) is 8.50. The van der Waals surface area contributed by atoms with E-state index in [0.717, 1.165) is 17.0 Å². The number of nitrogens with one attached hydrogen (secondary N) is 1. The van der Waals surface area contributed by atoms with Crippen LogP contribution in [0.1, 0.15) is 45.6 Å². The Kier molecular flexibility index (Phi) is 10.5. The fourth-order valence-electron chi connectivity index (χ4n) is 3.47. The Hall–Kier alpha value is -2.65. The van der Waals surface area contributed by atoms with Crippen molar-refractivity contribution in [2.45, 2.75) is 58.7 Å². The van der Waals surface area contributed by atoms with Crippen molar-refractivity contribution in [3.63, 3.8) is 0 Å². The monoisotopic (exact) mass is 525 g/mol. The number of halogens is 2. The van der Waals surface area contributed by atoms with Crippen molar-refractivity contribution in [2.75, 3.05) is 17.1 Å². The highest BCUT2D eigenvalue weighted by Crippen LogP contribution is 2.21. The molecule has 0 heterocycles. The van der Waals surface area contributed by atoms with Crippen molar-refractivity contribution in [1.29, 1.82) is 0 Å². The van der Waals surface area contributed by atoms with Crippen LogP contribution in [0.2, 0.25) is 5.02 Å². The molecule has 0 aliphatic carbocycles. The van der Waals surface area contributed by atoms with Crippen molar-refractivity contribution >= 4 is 39.1 Å². The molecule has 1 N–H and O–H groups in total. The Morgan fingerprint density at radius 1 is 1.09 bits per heavy atom. The highest BCUT2D eigenvalue weighted by molar-refractivity contribution is 7.92. The van der Waals surface area contributed by atoms with Crippen LogP contribution in [0.25, 0.3) is 0 Å². The van der Waals surface area contributed by atoms with Crippen LogP contribution >= 0.6 is 11.6 Å². The van der Waals surface area contributed by atoms with Gasteiger partial charge in [-0.2, -0.15) is 0 Å². The predicted octanol–water partition coefficient (Wildman–Crippen LogP) is 4.36. The Bertz CT molecular complexity index is 1110. The molecule has 0 spiro atoms. The quantitative estimate of drug-likeness (QED) is 0.446. The number of carbonyl (C=O) groups excluding carboxylic acids is 2. The molecule has 0 saturated carbocycles. The van der Waals surface area contributed by atoms with Crippen molar-refractivity contribution in [1.82, 2.24) is 10.2 Å². The second-order valence-corrected chi connectivity index (χ2v) is 10.8. The van der Waals surface area contributed by atoms with Gasteiger partial charge in [0.2, 0.25) is 21.8 Å². The Labute approximate surface area is 212 Å². The fourth-order valence-corrected chi connectivity index (χ4v) is 4.63. The molecule has 10 heteroatoms. The van der Waals surface area contributed by atoms with Crippen LogP contribution < -0.4 is 9.62 Å². The van der Waals surface area contributed by atoms with Gasteiger partial charge >= 0.3 is 0 Å². The van der Waals surface area contributed by atoms with E-state index in [1.54, 1.807) is 31.2 Å². The molecule has 7 nitrogen and oxygen atoms in total. The van der Waals surface area contributed by atoms with Gasteiger partial charge in [-0.05, 0) is 62.6 Å². The molecule has 2 aromatic rings. The molecule has 2 rings (SSSR count). The van der Waals surface area contributed by atoms with Crippen LogP contribution in [0.15, 0.2) is 48.5 Å². The molecule has 0 bridgehead atoms. The first kappa shape index (κ1) is 28.6. The van der Waals surface area contributed by atoms with Gasteiger partial charge in [-0.1, -0.05) is 36.7 Å². The van der Waals surface area contributed by atoms with Crippen molar-refractivity contribution in [2.24, 2.45) is 0 Å². The summed E-state index contributed by atoms with van der Waals surface area (Å²) in [6.45, 7) is 5.68. The zero-order valence-electron chi connectivity index (χ0n) is 20.5. The molecule has 0 unspecified atom stereocenters. The SMILES string of the molecule is CC[C@@H](C)NC(=O)[C@@H](C)N(Cc1ccccc1Cl)C(=O)CCCN(c1ccc(F)cc1)S(C)(=O)=O. The summed E-state index contributed by atoms with van der Waals surface area (Å²) >= 11 is 6.30. The van der Waals surface area contributed by atoms with Gasteiger partial charge in [0.25, 0.3) is 0 Å². The summed E-state index contributed by atoms with van der Waals surface area (Å²) < 4.78 is 39.0. The van der Waals surface area contributed by atoms with Crippen LogP contribution in [-0.4, -0.2) is 50.0 Å². The van der Waals surface area contributed by atoms with E-state index in [9.17, 15) is 22.4 Å². The first-order valence-electron chi connectivity index (χ1n) is 11.5. The number of rotatable bonds is 12. The first-order chi connectivity index (χ1) is 16.4. The topological polar surface area (TPSA) is 86.8 Å². The van der Waals surface area contributed by atoms with Gasteiger partial charge < -0.3 is 10.2 Å². The van der Waals surface area contributed by atoms with Crippen LogP contribution in [0.3, 0.4) is 0 Å². The molecule has 0 aliphatic rings. The summed E-state index contributed by atoms with van der Waals surface area (Å²) in [5, 5.41) is 3.39. The highest BCUT2D eigenvalue weighted by Gasteiger charge is 2.27. The zero-order valence-corrected chi connectivity index (χ0v) is 22.1. The molecule has 0 aromatic heterocycles. The smallest absolute Gasteiger partial charge is 0.242 e. The number of anilines is 1. The summed E-state index contributed by atoms with van der Waals surface area (Å²) in [6.07, 6.45) is 2.03. The minimum atomic E-state index is -3.64. The van der Waals surface area contributed by atoms with E-state index in [-0.39, 0.29) is 43.8 Å². The maximum Gasteiger partial charge on any atom is 0.242 e. The van der Waals surface area contributed by atoms with Crippen molar-refractivity contribution < 1.29 is 22.4 Å². The standard InChI is InChI=1S/C25H33ClFN3O4S/c1-5-18(2)28-25(32)19(3)29(17-20-9-6-7-10-23(20)26)24(31)11-8-16-30(35(4,33)34)22-14-12-21(27)13-15-22/h6-7,9-10,12-15,18-19H,5,8,11,16-17H2,1-4H3,(H,28,32)/t18-,19-/m1/s1. The minimum Gasteiger partial charge on any atom is -0.352 e. The number of sulfonamides is 1. The van der Waals surface area contributed by atoms with Gasteiger partial charge in [0.1, 0.15) is 11.9 Å². The number of nitrogens with zero attached hydrogens (tertiary/aromatic N) is 2. The Balaban J connectivity index is 2.18. The van der Waals surface area contributed by atoms with Gasteiger partial charge in [0.15, 0.2) is 0 Å². The first-order valence-corrected chi connectivity index (χ1v) is 13.7. The molecule has 0 aliphatic heterocycles. The lowest BCUT2D eigenvalue weighted by Crippen LogP contribution is -2.49. The molecule has 2 atom stereocenters. The lowest BCUT2D eigenvalue weighted by atomic mass is 10.1. The van der Waals surface area contributed by atoms with Gasteiger partial charge in [0.05, 0.1) is 11.9 Å². The third-order valence-corrected chi connectivity index (χ3v) is 7.30. The zero-order chi connectivity index (χ0) is 26.2. The normalized spacial score (nSPS) is 13.1. The fraction of sp³-hybridized carbons (Fsp3) is 0.440. The van der Waals surface area contributed by atoms with E-state index >= 15 is 0 Å². The highest BCUT2D eigenvalue weighted by atomic mass is 35.5. The number of benzene rings is 2. The lowest BCUT2D eigenvalue weighted by Gasteiger charge is -2.30. The molecular formula is C25H33ClFN3O4S. The van der Waals surface area contributed by atoms with E-state index < -0.39 is 21.9 Å². The molecule has 192 valence electrons. The largest absolute Gasteiger partial charge is 0.352 e. The molecule has 0 fully saturated rings. The summed E-state index contributed by atoms with van der Waals surface area (Å²) in [7, 11) is -3.64. The maximum absolute atomic E-state index is 13.3. The molecule has 2 amide bonds. The van der Waals surface area contributed by atoms with Crippen LogP contribution in [0.5, 0.6) is 0 Å². The summed E-state index contributed by atoms with van der Waals surface area (Å²) in [6, 6.07) is 11.4. The van der Waals surface area contributed by atoms with Crippen molar-refractivity contribution in [3.8, 4) is 0 Å². The van der Waals surface area contributed by atoms with E-state index in [0.29, 0.717) is 16.3 Å². The second-order valence-electron chi connectivity index (χ2n) is 8.52. The number of amides is 2. The van der Waals surface area contributed by atoms with E-state index in [1.165, 1.54) is 29.2 Å². The number of hydrogen-bond donors (Lipinski definition) is 1. The molecule has 0 radical (unpaired) electrons. The van der Waals surface area contributed by atoms with Crippen LogP contribution in [0, 0.1) is 5.82 Å². The van der Waals surface area contributed by atoms with Crippen LogP contribution in [0.4, 0.5) is 10.1 Å². The van der Waals surface area contributed by atoms with E-state index in [4.69, 9.17) is 11.6 Å². The average Bonchev–Trinajstić information content (AvgIpc) is 2.80. The van der Waals surface area contributed by atoms with Gasteiger partial charge in [-0.3, -0.25) is 13.9 Å². The Morgan fingerprint density at radius 2 is 1.71 bits per heavy atom. The molecule has 35 heavy (non-hydrogen) atoms. The third-order valence-electron chi connectivity index (χ3n) is 5.73. The second kappa shape index (κ2) is 12.9. The van der Waals surface area contributed by atoms with E-state index in [2.05, 4.69) is 5.32 Å². The summed E-state index contributed by atoms with van der Waals surface area (Å²) in [5.41, 5.74) is 1.02. The predicted molar refractivity (Wildman–Crippen MR) is 137 cm³/mol. The lowest BCUT2D eigenvalue weighted by molar-refractivity contribution is -0.140. The average molecular weight is 526 g/mol. The number of hydrogen-bond acceptors (Lipinski definition) is 4. The van der Waals surface area contributed by atoms with Gasteiger partial charge in [0, 0.05) is 30.6 Å². The minimum absolute atomic E-state index is 0.0125. The Morgan fingerprint density at radius 3 is 2.29 bits per heavy atom. The molecule has 0 saturated heterocycles. The summed E-state index contributed by atoms with van der Waals surface area (Å²) in [5.74, 6) is -1.05. The summed E-state index contributed by atoms with van der Waals surface area (Å²) in [4.78, 5) is 27.5. The van der Waals surface area contributed by atoms with Gasteiger partial charge in [-0.15, -0.1) is 0 Å². The van der Waals surface area contributed by atoms with E-state index in [1.807, 2.05) is 13.8 Å². The van der Waals surface area contributed by atoms with Gasteiger partial charge in [-0.25, -0.2) is 12.8 Å². The number of carbonyl (C=O) groups is 2. The van der Waals surface area contributed by atoms with Crippen LogP contribution in [-0.2, 0) is 26.2 Å².